The van der Waals surface area contributed by atoms with Crippen LogP contribution in [0.2, 0.25) is 0 Å². The van der Waals surface area contributed by atoms with Gasteiger partial charge in [-0.1, -0.05) is 36.8 Å². The third-order valence-corrected chi connectivity index (χ3v) is 7.01. The van der Waals surface area contributed by atoms with E-state index < -0.39 is 10.0 Å². The van der Waals surface area contributed by atoms with E-state index in [9.17, 15) is 13.2 Å². The Bertz CT molecular complexity index is 981. The fraction of sp³-hybridized carbons (Fsp3) is 0.435. The molecule has 1 aliphatic heterocycles. The number of rotatable bonds is 7. The maximum absolute atomic E-state index is 13.1. The molecule has 0 spiro atoms. The van der Waals surface area contributed by atoms with Crippen LogP contribution in [-0.4, -0.2) is 39.4 Å². The molecule has 0 bridgehead atoms. The average Bonchev–Trinajstić information content (AvgIpc) is 2.77. The van der Waals surface area contributed by atoms with Crippen LogP contribution in [0.15, 0.2) is 47.4 Å². The highest BCUT2D eigenvalue weighted by Gasteiger charge is 2.26. The molecule has 1 amide bonds. The van der Waals surface area contributed by atoms with E-state index in [0.717, 1.165) is 30.4 Å². The molecule has 0 unspecified atom stereocenters. The first kappa shape index (κ1) is 22.3. The quantitative estimate of drug-likeness (QED) is 0.719. The van der Waals surface area contributed by atoms with Crippen LogP contribution in [0.3, 0.4) is 0 Å². The summed E-state index contributed by atoms with van der Waals surface area (Å²) >= 11 is 0. The lowest BCUT2D eigenvalue weighted by Gasteiger charge is -2.27. The number of sulfonamides is 1. The Morgan fingerprint density at radius 2 is 1.77 bits per heavy atom. The molecule has 0 saturated carbocycles. The Morgan fingerprint density at radius 3 is 2.37 bits per heavy atom. The highest BCUT2D eigenvalue weighted by atomic mass is 32.2. The van der Waals surface area contributed by atoms with E-state index in [2.05, 4.69) is 4.72 Å². The van der Waals surface area contributed by atoms with Crippen LogP contribution in [0.1, 0.15) is 60.1 Å². The molecular formula is C23H30N2O4S. The molecule has 1 atom stereocenters. The van der Waals surface area contributed by atoms with Crippen molar-refractivity contribution in [1.29, 1.82) is 0 Å². The summed E-state index contributed by atoms with van der Waals surface area (Å²) in [5.41, 5.74) is 2.31. The largest absolute Gasteiger partial charge is 0.496 e. The van der Waals surface area contributed by atoms with Gasteiger partial charge in [-0.2, -0.15) is 0 Å². The third kappa shape index (κ3) is 5.02. The zero-order valence-electron chi connectivity index (χ0n) is 17.8. The highest BCUT2D eigenvalue weighted by molar-refractivity contribution is 7.89. The molecule has 1 N–H and O–H groups in total. The molecule has 1 fully saturated rings. The second kappa shape index (κ2) is 9.62. The topological polar surface area (TPSA) is 75.7 Å². The molecule has 3 rings (SSSR count). The number of nitrogens with one attached hydrogen (secondary N) is 1. The molecule has 0 aliphatic carbocycles. The molecule has 0 radical (unpaired) electrons. The van der Waals surface area contributed by atoms with Gasteiger partial charge in [0.1, 0.15) is 5.75 Å². The minimum Gasteiger partial charge on any atom is -0.496 e. The molecule has 7 heteroatoms. The molecule has 30 heavy (non-hydrogen) atoms. The monoisotopic (exact) mass is 430 g/mol. The lowest BCUT2D eigenvalue weighted by Crippen LogP contribution is -2.36. The van der Waals surface area contributed by atoms with Crippen LogP contribution in [0.25, 0.3) is 0 Å². The predicted molar refractivity (Wildman–Crippen MR) is 117 cm³/mol. The van der Waals surface area contributed by atoms with Gasteiger partial charge in [-0.3, -0.25) is 4.79 Å². The second-order valence-electron chi connectivity index (χ2n) is 7.71. The summed E-state index contributed by atoms with van der Waals surface area (Å²) in [6, 6.07) is 11.9. The van der Waals surface area contributed by atoms with Gasteiger partial charge in [-0.25, -0.2) is 13.1 Å². The van der Waals surface area contributed by atoms with Gasteiger partial charge in [0.25, 0.3) is 5.91 Å². The molecule has 162 valence electrons. The Hall–Kier alpha value is -2.38. The zero-order valence-corrected chi connectivity index (χ0v) is 18.7. The van der Waals surface area contributed by atoms with E-state index in [1.807, 2.05) is 38.1 Å². The van der Waals surface area contributed by atoms with Crippen LogP contribution in [0.4, 0.5) is 0 Å². The summed E-state index contributed by atoms with van der Waals surface area (Å²) in [7, 11) is -2.33. The van der Waals surface area contributed by atoms with E-state index >= 15 is 0 Å². The molecular weight excluding hydrogens is 400 g/mol. The highest BCUT2D eigenvalue weighted by Crippen LogP contribution is 2.27. The van der Waals surface area contributed by atoms with E-state index in [-0.39, 0.29) is 22.4 Å². The number of carbonyl (C=O) groups is 1. The minimum atomic E-state index is -3.82. The number of carbonyl (C=O) groups excluding carboxylic acids is 1. The Labute approximate surface area is 179 Å². The summed E-state index contributed by atoms with van der Waals surface area (Å²) in [6.45, 7) is 5.30. The molecule has 1 aliphatic rings. The van der Waals surface area contributed by atoms with E-state index in [1.165, 1.54) is 19.2 Å². The molecule has 1 saturated heterocycles. The van der Waals surface area contributed by atoms with Gasteiger partial charge in [0.15, 0.2) is 0 Å². The van der Waals surface area contributed by atoms with Crippen molar-refractivity contribution in [3.63, 3.8) is 0 Å². The number of ether oxygens (including phenoxy) is 1. The lowest BCUT2D eigenvalue weighted by atomic mass is 10.0. The number of hydrogen-bond donors (Lipinski definition) is 1. The van der Waals surface area contributed by atoms with Crippen molar-refractivity contribution in [2.75, 3.05) is 20.2 Å². The maximum Gasteiger partial charge on any atom is 0.257 e. The second-order valence-corrected chi connectivity index (χ2v) is 9.42. The van der Waals surface area contributed by atoms with Crippen molar-refractivity contribution in [3.8, 4) is 5.75 Å². The molecule has 0 aromatic heterocycles. The Balaban J connectivity index is 1.89. The number of hydrogen-bond acceptors (Lipinski definition) is 4. The summed E-state index contributed by atoms with van der Waals surface area (Å²) < 4.78 is 34.4. The van der Waals surface area contributed by atoms with Gasteiger partial charge in [0.05, 0.1) is 17.6 Å². The van der Waals surface area contributed by atoms with Gasteiger partial charge in [0.2, 0.25) is 10.0 Å². The lowest BCUT2D eigenvalue weighted by molar-refractivity contribution is 0.0720. The number of aryl methyl sites for hydroxylation is 1. The standard InChI is InChI=1S/C23H30N2O4S/c1-4-21(18-10-8-17(2)9-11-18)24-30(27,28)19-12-13-22(29-3)20(16-19)23(26)25-14-6-5-7-15-25/h8-13,16,21,24H,4-7,14-15H2,1-3H3/t21-/m1/s1. The van der Waals surface area contributed by atoms with E-state index in [1.54, 1.807) is 11.0 Å². The smallest absolute Gasteiger partial charge is 0.257 e. The van der Waals surface area contributed by atoms with Gasteiger partial charge in [-0.05, 0) is 56.4 Å². The van der Waals surface area contributed by atoms with Crippen LogP contribution < -0.4 is 9.46 Å². The molecule has 6 nitrogen and oxygen atoms in total. The first-order valence-corrected chi connectivity index (χ1v) is 11.9. The fourth-order valence-electron chi connectivity index (χ4n) is 3.73. The number of likely N-dealkylation sites (tertiary alicyclic amines) is 1. The summed E-state index contributed by atoms with van der Waals surface area (Å²) in [5, 5.41) is 0. The number of piperidine rings is 1. The molecule has 2 aromatic rings. The first-order chi connectivity index (χ1) is 14.4. The summed E-state index contributed by atoms with van der Waals surface area (Å²) in [6.07, 6.45) is 3.64. The van der Waals surface area contributed by atoms with E-state index in [0.29, 0.717) is 25.3 Å². The van der Waals surface area contributed by atoms with Crippen molar-refractivity contribution in [3.05, 3.63) is 59.2 Å². The number of nitrogens with zero attached hydrogens (tertiary/aromatic N) is 1. The summed E-state index contributed by atoms with van der Waals surface area (Å²) in [5.74, 6) is 0.198. The average molecular weight is 431 g/mol. The van der Waals surface area contributed by atoms with Gasteiger partial charge in [-0.15, -0.1) is 0 Å². The SMILES string of the molecule is CC[C@@H](NS(=O)(=O)c1ccc(OC)c(C(=O)N2CCCCC2)c1)c1ccc(C)cc1. The van der Waals surface area contributed by atoms with E-state index in [4.69, 9.17) is 4.74 Å². The Kier molecular flexibility index (Phi) is 7.15. The third-order valence-electron chi connectivity index (χ3n) is 5.54. The zero-order chi connectivity index (χ0) is 21.7. The van der Waals surface area contributed by atoms with Crippen molar-refractivity contribution < 1.29 is 17.9 Å². The van der Waals surface area contributed by atoms with Crippen molar-refractivity contribution >= 4 is 15.9 Å². The normalized spacial score (nSPS) is 15.6. The summed E-state index contributed by atoms with van der Waals surface area (Å²) in [4.78, 5) is 14.9. The van der Waals surface area contributed by atoms with Crippen LogP contribution >= 0.6 is 0 Å². The molecule has 1 heterocycles. The van der Waals surface area contributed by atoms with Crippen LogP contribution in [0.5, 0.6) is 5.75 Å². The minimum absolute atomic E-state index is 0.0641. The van der Waals surface area contributed by atoms with Crippen molar-refractivity contribution in [2.24, 2.45) is 0 Å². The van der Waals surface area contributed by atoms with Crippen LogP contribution in [-0.2, 0) is 10.0 Å². The molecule has 2 aromatic carbocycles. The van der Waals surface area contributed by atoms with Gasteiger partial charge >= 0.3 is 0 Å². The first-order valence-electron chi connectivity index (χ1n) is 10.4. The van der Waals surface area contributed by atoms with Gasteiger partial charge < -0.3 is 9.64 Å². The number of methoxy groups -OCH3 is 1. The van der Waals surface area contributed by atoms with Crippen molar-refractivity contribution in [1.82, 2.24) is 9.62 Å². The van der Waals surface area contributed by atoms with Crippen LogP contribution in [0, 0.1) is 6.92 Å². The fourth-order valence-corrected chi connectivity index (χ4v) is 5.06. The predicted octanol–water partition coefficient (Wildman–Crippen LogP) is 4.06. The van der Waals surface area contributed by atoms with Crippen molar-refractivity contribution in [2.45, 2.75) is 50.5 Å². The number of benzene rings is 2. The van der Waals surface area contributed by atoms with Gasteiger partial charge in [0, 0.05) is 19.1 Å². The maximum atomic E-state index is 13.1. The Morgan fingerprint density at radius 1 is 1.10 bits per heavy atom. The number of amides is 1.